The van der Waals surface area contributed by atoms with Crippen LogP contribution in [0.1, 0.15) is 29.0 Å². The van der Waals surface area contributed by atoms with Gasteiger partial charge in [0, 0.05) is 30.4 Å². The van der Waals surface area contributed by atoms with Crippen molar-refractivity contribution in [3.8, 4) is 17.1 Å². The first-order chi connectivity index (χ1) is 17.7. The molecule has 4 rings (SSSR count). The van der Waals surface area contributed by atoms with Crippen LogP contribution >= 0.6 is 0 Å². The monoisotopic (exact) mass is 525 g/mol. The summed E-state index contributed by atoms with van der Waals surface area (Å²) >= 11 is 0. The van der Waals surface area contributed by atoms with Gasteiger partial charge < -0.3 is 24.5 Å². The molecule has 1 atom stereocenters. The second kappa shape index (κ2) is 11.4. The number of rotatable bonds is 9. The fraction of sp³-hybridized carbons (Fsp3) is 0.231. The lowest BCUT2D eigenvalue weighted by Crippen LogP contribution is -2.38. The van der Waals surface area contributed by atoms with Crippen molar-refractivity contribution >= 4 is 27.9 Å². The zero-order valence-electron chi connectivity index (χ0n) is 20.1. The Kier molecular flexibility index (Phi) is 8.07. The first kappa shape index (κ1) is 26.1. The van der Waals surface area contributed by atoms with Crippen LogP contribution in [0.25, 0.3) is 17.4 Å². The molecule has 0 spiro atoms. The molecular weight excluding hydrogens is 498 g/mol. The molecule has 1 saturated heterocycles. The van der Waals surface area contributed by atoms with E-state index < -0.39 is 21.8 Å². The van der Waals surface area contributed by atoms with E-state index in [2.05, 4.69) is 10.6 Å². The van der Waals surface area contributed by atoms with E-state index in [-0.39, 0.29) is 16.7 Å². The molecule has 0 aliphatic carbocycles. The molecule has 37 heavy (non-hydrogen) atoms. The molecule has 1 aromatic heterocycles. The Labute approximate surface area is 214 Å². The summed E-state index contributed by atoms with van der Waals surface area (Å²) in [7, 11) is -2.28. The Hall–Kier alpha value is -3.93. The van der Waals surface area contributed by atoms with Gasteiger partial charge in [0.05, 0.1) is 18.1 Å². The molecule has 1 aliphatic heterocycles. The number of methoxy groups -OCH3 is 1. The number of primary sulfonamides is 1. The molecule has 2 amide bonds. The second-order valence-corrected chi connectivity index (χ2v) is 9.92. The lowest BCUT2D eigenvalue weighted by Gasteiger charge is -2.13. The van der Waals surface area contributed by atoms with Gasteiger partial charge in [0.25, 0.3) is 11.8 Å². The predicted molar refractivity (Wildman–Crippen MR) is 136 cm³/mol. The molecule has 2 aromatic carbocycles. The van der Waals surface area contributed by atoms with E-state index in [9.17, 15) is 18.0 Å². The topological polar surface area (TPSA) is 150 Å². The van der Waals surface area contributed by atoms with Crippen LogP contribution in [0.5, 0.6) is 5.75 Å². The number of hydrogen-bond acceptors (Lipinski definition) is 7. The normalized spacial score (nSPS) is 15.8. The minimum Gasteiger partial charge on any atom is -0.497 e. The average Bonchev–Trinajstić information content (AvgIpc) is 3.59. The van der Waals surface area contributed by atoms with Crippen LogP contribution in [0.15, 0.2) is 75.7 Å². The van der Waals surface area contributed by atoms with Crippen molar-refractivity contribution in [3.05, 3.63) is 77.7 Å². The number of ether oxygens (including phenoxy) is 2. The minimum atomic E-state index is -3.81. The number of carbonyl (C=O) groups is 2. The number of sulfonamides is 1. The second-order valence-electron chi connectivity index (χ2n) is 8.36. The molecular formula is C26H27N3O7S. The molecule has 2 heterocycles. The SMILES string of the molecule is COc1ccc(C(=O)NC(=Cc2ccc(-c3ccc(S(N)(=O)=O)cc3)o2)C(=O)NCC2CCCO2)cc1. The first-order valence-electron chi connectivity index (χ1n) is 11.5. The number of hydrogen-bond donors (Lipinski definition) is 3. The van der Waals surface area contributed by atoms with Gasteiger partial charge in [-0.1, -0.05) is 0 Å². The van der Waals surface area contributed by atoms with Gasteiger partial charge in [-0.2, -0.15) is 0 Å². The molecule has 1 aliphatic rings. The Morgan fingerprint density at radius 1 is 1.08 bits per heavy atom. The van der Waals surface area contributed by atoms with E-state index in [0.717, 1.165) is 12.8 Å². The maximum atomic E-state index is 13.0. The molecule has 11 heteroatoms. The van der Waals surface area contributed by atoms with Crippen LogP contribution in [0.2, 0.25) is 0 Å². The fourth-order valence-corrected chi connectivity index (χ4v) is 4.25. The maximum absolute atomic E-state index is 13.0. The molecule has 0 bridgehead atoms. The summed E-state index contributed by atoms with van der Waals surface area (Å²) in [4.78, 5) is 25.8. The highest BCUT2D eigenvalue weighted by Crippen LogP contribution is 2.24. The van der Waals surface area contributed by atoms with Crippen LogP contribution in [-0.4, -0.2) is 46.6 Å². The Morgan fingerprint density at radius 2 is 1.81 bits per heavy atom. The van der Waals surface area contributed by atoms with Crippen LogP contribution in [0.3, 0.4) is 0 Å². The molecule has 0 radical (unpaired) electrons. The lowest BCUT2D eigenvalue weighted by molar-refractivity contribution is -0.118. The van der Waals surface area contributed by atoms with E-state index in [1.165, 1.54) is 25.3 Å². The van der Waals surface area contributed by atoms with Crippen molar-refractivity contribution in [1.29, 1.82) is 0 Å². The molecule has 0 saturated carbocycles. The number of carbonyl (C=O) groups excluding carboxylic acids is 2. The van der Waals surface area contributed by atoms with Gasteiger partial charge in [-0.05, 0) is 73.5 Å². The molecule has 1 fully saturated rings. The summed E-state index contributed by atoms with van der Waals surface area (Å²) in [6.07, 6.45) is 3.14. The fourth-order valence-electron chi connectivity index (χ4n) is 3.74. The Balaban J connectivity index is 1.55. The van der Waals surface area contributed by atoms with Gasteiger partial charge >= 0.3 is 0 Å². The van der Waals surface area contributed by atoms with Crippen molar-refractivity contribution in [1.82, 2.24) is 10.6 Å². The van der Waals surface area contributed by atoms with E-state index >= 15 is 0 Å². The standard InChI is InChI=1S/C26H27N3O7S/c1-34-19-8-4-18(5-9-19)25(30)29-23(26(31)28-16-21-3-2-14-35-21)15-20-10-13-24(36-20)17-6-11-22(12-7-17)37(27,32)33/h4-13,15,21H,2-3,14,16H2,1H3,(H,28,31)(H,29,30)(H2,27,32,33). The van der Waals surface area contributed by atoms with E-state index in [1.54, 1.807) is 48.5 Å². The number of nitrogens with one attached hydrogen (secondary N) is 2. The summed E-state index contributed by atoms with van der Waals surface area (Å²) in [5.41, 5.74) is 0.941. The summed E-state index contributed by atoms with van der Waals surface area (Å²) in [5, 5.41) is 10.6. The summed E-state index contributed by atoms with van der Waals surface area (Å²) in [6.45, 7) is 0.971. The highest BCUT2D eigenvalue weighted by molar-refractivity contribution is 7.89. The van der Waals surface area contributed by atoms with Crippen LogP contribution < -0.4 is 20.5 Å². The summed E-state index contributed by atoms with van der Waals surface area (Å²) in [6, 6.07) is 15.7. The molecule has 1 unspecified atom stereocenters. The number of nitrogens with two attached hydrogens (primary N) is 1. The minimum absolute atomic E-state index is 0.00992. The lowest BCUT2D eigenvalue weighted by atomic mass is 10.2. The van der Waals surface area contributed by atoms with E-state index in [0.29, 0.717) is 41.5 Å². The molecule has 10 nitrogen and oxygen atoms in total. The molecule has 194 valence electrons. The largest absolute Gasteiger partial charge is 0.497 e. The van der Waals surface area contributed by atoms with Gasteiger partial charge in [0.2, 0.25) is 10.0 Å². The van der Waals surface area contributed by atoms with Crippen LogP contribution in [0, 0.1) is 0 Å². The third-order valence-corrected chi connectivity index (χ3v) is 6.67. The zero-order valence-corrected chi connectivity index (χ0v) is 20.9. The van der Waals surface area contributed by atoms with Crippen molar-refractivity contribution < 1.29 is 31.9 Å². The number of benzene rings is 2. The summed E-state index contributed by atoms with van der Waals surface area (Å²) < 4.78 is 39.5. The van der Waals surface area contributed by atoms with Gasteiger partial charge in [0.1, 0.15) is 23.0 Å². The molecule has 3 aromatic rings. The Bertz CT molecular complexity index is 1390. The highest BCUT2D eigenvalue weighted by Gasteiger charge is 2.20. The average molecular weight is 526 g/mol. The Morgan fingerprint density at radius 3 is 2.43 bits per heavy atom. The van der Waals surface area contributed by atoms with Gasteiger partial charge in [-0.3, -0.25) is 9.59 Å². The highest BCUT2D eigenvalue weighted by atomic mass is 32.2. The smallest absolute Gasteiger partial charge is 0.268 e. The summed E-state index contributed by atoms with van der Waals surface area (Å²) in [5.74, 6) is 0.372. The van der Waals surface area contributed by atoms with Crippen LogP contribution in [0.4, 0.5) is 0 Å². The van der Waals surface area contributed by atoms with Gasteiger partial charge in [0.15, 0.2) is 0 Å². The molecule has 4 N–H and O–H groups in total. The first-order valence-corrected chi connectivity index (χ1v) is 13.1. The van der Waals surface area contributed by atoms with Crippen LogP contribution in [-0.2, 0) is 19.6 Å². The van der Waals surface area contributed by atoms with Crippen molar-refractivity contribution in [3.63, 3.8) is 0 Å². The zero-order chi connectivity index (χ0) is 26.4. The number of amides is 2. The van der Waals surface area contributed by atoms with Gasteiger partial charge in [-0.25, -0.2) is 13.6 Å². The van der Waals surface area contributed by atoms with Crippen molar-refractivity contribution in [2.24, 2.45) is 5.14 Å². The number of furan rings is 1. The van der Waals surface area contributed by atoms with Crippen molar-refractivity contribution in [2.45, 2.75) is 23.8 Å². The van der Waals surface area contributed by atoms with E-state index in [1.807, 2.05) is 0 Å². The maximum Gasteiger partial charge on any atom is 0.268 e. The van der Waals surface area contributed by atoms with Gasteiger partial charge in [-0.15, -0.1) is 0 Å². The third kappa shape index (κ3) is 6.85. The quantitative estimate of drug-likeness (QED) is 0.364. The van der Waals surface area contributed by atoms with Crippen molar-refractivity contribution in [2.75, 3.05) is 20.3 Å². The van der Waals surface area contributed by atoms with E-state index in [4.69, 9.17) is 19.0 Å². The third-order valence-electron chi connectivity index (χ3n) is 5.74. The predicted octanol–water partition coefficient (Wildman–Crippen LogP) is 2.67.